The van der Waals surface area contributed by atoms with E-state index >= 15 is 0 Å². The Morgan fingerprint density at radius 3 is 2.65 bits per heavy atom. The number of hydrogen-bond donors (Lipinski definition) is 3. The molecule has 1 saturated carbocycles. The Hall–Kier alpha value is -2.08. The third-order valence-electron chi connectivity index (χ3n) is 3.46. The van der Waals surface area contributed by atoms with Gasteiger partial charge in [0.05, 0.1) is 12.2 Å². The highest BCUT2D eigenvalue weighted by Crippen LogP contribution is 2.44. The molecule has 1 aliphatic carbocycles. The van der Waals surface area contributed by atoms with Crippen molar-refractivity contribution in [2.24, 2.45) is 11.1 Å². The van der Waals surface area contributed by atoms with Gasteiger partial charge in [0.25, 0.3) is 11.8 Å². The molecule has 0 saturated heterocycles. The number of nitrogens with one attached hydrogen (secondary N) is 1. The predicted molar refractivity (Wildman–Crippen MR) is 72.2 cm³/mol. The summed E-state index contributed by atoms with van der Waals surface area (Å²) in [6.45, 7) is 0.341. The van der Waals surface area contributed by atoms with Crippen LogP contribution in [0.1, 0.15) is 23.2 Å². The smallest absolute Gasteiger partial charge is 0.257 e. The van der Waals surface area contributed by atoms with Gasteiger partial charge in [-0.2, -0.15) is 0 Å². The van der Waals surface area contributed by atoms with E-state index in [0.717, 1.165) is 12.8 Å². The molecule has 0 aromatic heterocycles. The quantitative estimate of drug-likeness (QED) is 0.656. The first kappa shape index (κ1) is 14.3. The molecular formula is C14H18N2O4. The van der Waals surface area contributed by atoms with Crippen molar-refractivity contribution in [2.75, 3.05) is 19.8 Å². The zero-order chi connectivity index (χ0) is 14.6. The van der Waals surface area contributed by atoms with Gasteiger partial charge in [0, 0.05) is 12.0 Å². The first-order valence-corrected chi connectivity index (χ1v) is 6.45. The largest absolute Gasteiger partial charge is 0.483 e. The van der Waals surface area contributed by atoms with Gasteiger partial charge in [0.1, 0.15) is 5.75 Å². The van der Waals surface area contributed by atoms with Crippen molar-refractivity contribution in [1.29, 1.82) is 0 Å². The Bertz CT molecular complexity index is 512. The van der Waals surface area contributed by atoms with Crippen molar-refractivity contribution in [3.05, 3.63) is 29.8 Å². The maximum absolute atomic E-state index is 11.7. The van der Waals surface area contributed by atoms with E-state index in [1.807, 2.05) is 0 Å². The van der Waals surface area contributed by atoms with E-state index in [4.69, 9.17) is 15.6 Å². The minimum absolute atomic E-state index is 0.0820. The molecule has 1 fully saturated rings. The molecule has 0 unspecified atom stereocenters. The Labute approximate surface area is 116 Å². The third kappa shape index (κ3) is 3.48. The van der Waals surface area contributed by atoms with Crippen LogP contribution in [0.2, 0.25) is 0 Å². The lowest BCUT2D eigenvalue weighted by Gasteiger charge is -2.13. The molecule has 20 heavy (non-hydrogen) atoms. The van der Waals surface area contributed by atoms with Gasteiger partial charge >= 0.3 is 0 Å². The molecule has 0 aliphatic heterocycles. The van der Waals surface area contributed by atoms with Gasteiger partial charge in [-0.05, 0) is 25.0 Å². The third-order valence-corrected chi connectivity index (χ3v) is 3.46. The molecule has 2 rings (SSSR count). The number of carbonyl (C=O) groups excluding carboxylic acids is 2. The van der Waals surface area contributed by atoms with E-state index in [-0.39, 0.29) is 30.1 Å². The van der Waals surface area contributed by atoms with Crippen LogP contribution >= 0.6 is 0 Å². The molecule has 0 atom stereocenters. The van der Waals surface area contributed by atoms with Gasteiger partial charge in [-0.1, -0.05) is 12.1 Å². The summed E-state index contributed by atoms with van der Waals surface area (Å²) in [6.07, 6.45) is 1.85. The summed E-state index contributed by atoms with van der Waals surface area (Å²) < 4.78 is 5.30. The molecule has 4 N–H and O–H groups in total. The normalized spacial score (nSPS) is 15.4. The van der Waals surface area contributed by atoms with E-state index in [1.165, 1.54) is 0 Å². The average Bonchev–Trinajstić information content (AvgIpc) is 3.24. The Kier molecular flexibility index (Phi) is 4.24. The van der Waals surface area contributed by atoms with E-state index in [0.29, 0.717) is 12.3 Å². The van der Waals surface area contributed by atoms with Crippen LogP contribution in [0.3, 0.4) is 0 Å². The minimum atomic E-state index is -0.599. The molecule has 0 radical (unpaired) electrons. The van der Waals surface area contributed by atoms with E-state index in [9.17, 15) is 9.59 Å². The zero-order valence-electron chi connectivity index (χ0n) is 11.1. The number of ether oxygens (including phenoxy) is 1. The van der Waals surface area contributed by atoms with Crippen LogP contribution in [0.4, 0.5) is 0 Å². The van der Waals surface area contributed by atoms with Gasteiger partial charge in [0.15, 0.2) is 6.61 Å². The molecule has 108 valence electrons. The second-order valence-corrected chi connectivity index (χ2v) is 5.08. The number of hydrogen-bond acceptors (Lipinski definition) is 4. The lowest BCUT2D eigenvalue weighted by atomic mass is 10.1. The van der Waals surface area contributed by atoms with Crippen molar-refractivity contribution in [2.45, 2.75) is 12.8 Å². The predicted octanol–water partition coefficient (Wildman–Crippen LogP) is 0.0530. The van der Waals surface area contributed by atoms with Crippen molar-refractivity contribution in [1.82, 2.24) is 5.32 Å². The standard InChI is InChI=1S/C14H18N2O4/c15-13(19)10-3-1-2-4-11(10)20-7-12(18)16-8-14(9-17)5-6-14/h1-4,17H,5-9H2,(H2,15,19)(H,16,18). The van der Waals surface area contributed by atoms with Crippen LogP contribution in [0.15, 0.2) is 24.3 Å². The molecule has 6 nitrogen and oxygen atoms in total. The Balaban J connectivity index is 1.83. The SMILES string of the molecule is NC(=O)c1ccccc1OCC(=O)NCC1(CO)CC1. The molecule has 1 aromatic carbocycles. The topological polar surface area (TPSA) is 102 Å². The second-order valence-electron chi connectivity index (χ2n) is 5.08. The van der Waals surface area contributed by atoms with Crippen LogP contribution in [-0.4, -0.2) is 36.7 Å². The van der Waals surface area contributed by atoms with Gasteiger partial charge in [-0.15, -0.1) is 0 Å². The van der Waals surface area contributed by atoms with Gasteiger partial charge in [0.2, 0.25) is 0 Å². The average molecular weight is 278 g/mol. The number of para-hydroxylation sites is 1. The van der Waals surface area contributed by atoms with Crippen LogP contribution in [0, 0.1) is 5.41 Å². The van der Waals surface area contributed by atoms with Crippen LogP contribution in [0.5, 0.6) is 5.75 Å². The second kappa shape index (κ2) is 5.92. The highest BCUT2D eigenvalue weighted by Gasteiger charge is 2.42. The molecule has 0 heterocycles. The molecule has 0 spiro atoms. The first-order chi connectivity index (χ1) is 9.56. The zero-order valence-corrected chi connectivity index (χ0v) is 11.1. The molecule has 2 amide bonds. The number of aliphatic hydroxyl groups is 1. The van der Waals surface area contributed by atoms with E-state index < -0.39 is 5.91 Å². The summed E-state index contributed by atoms with van der Waals surface area (Å²) in [5, 5.41) is 11.9. The number of primary amides is 1. The molecule has 1 aromatic rings. The van der Waals surface area contributed by atoms with Crippen LogP contribution in [-0.2, 0) is 4.79 Å². The fourth-order valence-electron chi connectivity index (χ4n) is 1.84. The van der Waals surface area contributed by atoms with E-state index in [1.54, 1.807) is 24.3 Å². The van der Waals surface area contributed by atoms with Crippen molar-refractivity contribution < 1.29 is 19.4 Å². The van der Waals surface area contributed by atoms with Gasteiger partial charge < -0.3 is 20.9 Å². The summed E-state index contributed by atoms with van der Waals surface area (Å²) in [6, 6.07) is 6.50. The number of amides is 2. The molecule has 0 bridgehead atoms. The van der Waals surface area contributed by atoms with Crippen molar-refractivity contribution in [3.8, 4) is 5.75 Å². The summed E-state index contributed by atoms with van der Waals surface area (Å²) in [7, 11) is 0. The fourth-order valence-corrected chi connectivity index (χ4v) is 1.84. The monoisotopic (exact) mass is 278 g/mol. The fraction of sp³-hybridized carbons (Fsp3) is 0.429. The van der Waals surface area contributed by atoms with Crippen LogP contribution in [0.25, 0.3) is 0 Å². The maximum atomic E-state index is 11.7. The van der Waals surface area contributed by atoms with Crippen LogP contribution < -0.4 is 15.8 Å². The summed E-state index contributed by atoms with van der Waals surface area (Å²) in [5.74, 6) is -0.597. The molecule has 6 heteroatoms. The molecule has 1 aliphatic rings. The maximum Gasteiger partial charge on any atom is 0.257 e. The van der Waals surface area contributed by atoms with Crippen molar-refractivity contribution >= 4 is 11.8 Å². The number of rotatable bonds is 7. The first-order valence-electron chi connectivity index (χ1n) is 6.45. The summed E-state index contributed by atoms with van der Waals surface area (Å²) >= 11 is 0. The highest BCUT2D eigenvalue weighted by molar-refractivity contribution is 5.95. The highest BCUT2D eigenvalue weighted by atomic mass is 16.5. The lowest BCUT2D eigenvalue weighted by Crippen LogP contribution is -2.35. The number of carbonyl (C=O) groups is 2. The number of aliphatic hydroxyl groups excluding tert-OH is 1. The lowest BCUT2D eigenvalue weighted by molar-refractivity contribution is -0.123. The van der Waals surface area contributed by atoms with Crippen molar-refractivity contribution in [3.63, 3.8) is 0 Å². The van der Waals surface area contributed by atoms with Gasteiger partial charge in [-0.3, -0.25) is 9.59 Å². The summed E-state index contributed by atoms with van der Waals surface area (Å²) in [5.41, 5.74) is 5.32. The van der Waals surface area contributed by atoms with Gasteiger partial charge in [-0.25, -0.2) is 0 Å². The number of nitrogens with two attached hydrogens (primary N) is 1. The summed E-state index contributed by atoms with van der Waals surface area (Å²) in [4.78, 5) is 22.8. The van der Waals surface area contributed by atoms with E-state index in [2.05, 4.69) is 5.32 Å². The Morgan fingerprint density at radius 2 is 2.05 bits per heavy atom. The Morgan fingerprint density at radius 1 is 1.35 bits per heavy atom. The molecular weight excluding hydrogens is 260 g/mol. The number of benzene rings is 1. The minimum Gasteiger partial charge on any atom is -0.483 e.